The van der Waals surface area contributed by atoms with E-state index in [1.807, 2.05) is 24.2 Å². The van der Waals surface area contributed by atoms with E-state index in [4.69, 9.17) is 4.52 Å². The van der Waals surface area contributed by atoms with Crippen LogP contribution in [-0.2, 0) is 5.60 Å². The quantitative estimate of drug-likeness (QED) is 0.769. The molecule has 11 heteroatoms. The highest BCUT2D eigenvalue weighted by Crippen LogP contribution is 2.40. The number of carbonyl (C=O) groups excluding carboxylic acids is 1. The zero-order valence-electron chi connectivity index (χ0n) is 17.7. The van der Waals surface area contributed by atoms with Gasteiger partial charge in [0.2, 0.25) is 5.60 Å². The van der Waals surface area contributed by atoms with E-state index in [-0.39, 0.29) is 18.4 Å². The number of alkyl halides is 3. The molecule has 3 heterocycles. The number of aliphatic hydroxyl groups is 1. The van der Waals surface area contributed by atoms with Crippen molar-refractivity contribution in [2.45, 2.75) is 37.5 Å². The minimum Gasteiger partial charge on any atom is -0.374 e. The second kappa shape index (κ2) is 8.21. The summed E-state index contributed by atoms with van der Waals surface area (Å²) in [5, 5.41) is 21.4. The molecular formula is C21H24F3N5O3. The van der Waals surface area contributed by atoms with Gasteiger partial charge >= 0.3 is 6.18 Å². The largest absolute Gasteiger partial charge is 0.424 e. The Bertz CT molecular complexity index is 1020. The highest BCUT2D eigenvalue weighted by molar-refractivity contribution is 6.00. The lowest BCUT2D eigenvalue weighted by atomic mass is 9.92. The third kappa shape index (κ3) is 3.97. The summed E-state index contributed by atoms with van der Waals surface area (Å²) in [5.74, 6) is -1.15. The van der Waals surface area contributed by atoms with Gasteiger partial charge in [-0.3, -0.25) is 4.79 Å². The van der Waals surface area contributed by atoms with Crippen LogP contribution in [0.2, 0.25) is 0 Å². The lowest BCUT2D eigenvalue weighted by Crippen LogP contribution is -2.40. The first-order valence-electron chi connectivity index (χ1n) is 10.3. The van der Waals surface area contributed by atoms with Crippen LogP contribution in [0.5, 0.6) is 0 Å². The molecule has 1 saturated heterocycles. The van der Waals surface area contributed by atoms with Crippen LogP contribution >= 0.6 is 0 Å². The number of aromatic nitrogens is 1. The van der Waals surface area contributed by atoms with E-state index < -0.39 is 17.5 Å². The van der Waals surface area contributed by atoms with Gasteiger partial charge in [-0.15, -0.1) is 0 Å². The molecular weight excluding hydrogens is 427 g/mol. The van der Waals surface area contributed by atoms with Gasteiger partial charge in [-0.25, -0.2) is 0 Å². The fourth-order valence-corrected chi connectivity index (χ4v) is 3.90. The Morgan fingerprint density at radius 2 is 2.03 bits per heavy atom. The predicted molar refractivity (Wildman–Crippen MR) is 110 cm³/mol. The van der Waals surface area contributed by atoms with Crippen molar-refractivity contribution in [2.75, 3.05) is 31.8 Å². The monoisotopic (exact) mass is 451 g/mol. The van der Waals surface area contributed by atoms with Crippen molar-refractivity contribution in [2.24, 2.45) is 5.10 Å². The van der Waals surface area contributed by atoms with E-state index in [1.54, 1.807) is 28.4 Å². The molecule has 1 N–H and O–H groups in total. The number of hydrazine groups is 1. The summed E-state index contributed by atoms with van der Waals surface area (Å²) in [4.78, 5) is 15.0. The number of hydrogen-bond acceptors (Lipinski definition) is 7. The van der Waals surface area contributed by atoms with Crippen molar-refractivity contribution < 1.29 is 27.6 Å². The molecule has 2 aromatic rings. The Morgan fingerprint density at radius 1 is 1.28 bits per heavy atom. The average Bonchev–Trinajstić information content (AvgIpc) is 3.42. The minimum absolute atomic E-state index is 0.188. The zero-order chi connectivity index (χ0) is 23.1. The van der Waals surface area contributed by atoms with E-state index in [1.165, 1.54) is 0 Å². The lowest BCUT2D eigenvalue weighted by molar-refractivity contribution is -0.265. The third-order valence-electron chi connectivity index (χ3n) is 5.90. The van der Waals surface area contributed by atoms with Gasteiger partial charge in [-0.1, -0.05) is 17.3 Å². The molecule has 4 rings (SSSR count). The molecule has 32 heavy (non-hydrogen) atoms. The highest BCUT2D eigenvalue weighted by atomic mass is 19.4. The Balaban J connectivity index is 1.54. The number of anilines is 1. The fraction of sp³-hybridized carbons (Fsp3) is 0.476. The van der Waals surface area contributed by atoms with E-state index >= 15 is 0 Å². The van der Waals surface area contributed by atoms with Crippen molar-refractivity contribution in [3.8, 4) is 0 Å². The number of hydrazone groups is 1. The maximum atomic E-state index is 13.4. The summed E-state index contributed by atoms with van der Waals surface area (Å²) in [6.45, 7) is 2.06. The summed E-state index contributed by atoms with van der Waals surface area (Å²) in [5.41, 5.74) is -1.70. The summed E-state index contributed by atoms with van der Waals surface area (Å²) in [6, 6.07) is 8.29. The van der Waals surface area contributed by atoms with Crippen LogP contribution in [0.3, 0.4) is 0 Å². The number of piperidine rings is 1. The molecule has 0 saturated carbocycles. The van der Waals surface area contributed by atoms with Crippen LogP contribution in [-0.4, -0.2) is 65.2 Å². The highest BCUT2D eigenvalue weighted by Gasteiger charge is 2.54. The lowest BCUT2D eigenvalue weighted by Gasteiger charge is -2.33. The minimum atomic E-state index is -4.90. The number of carbonyl (C=O) groups is 1. The zero-order valence-corrected chi connectivity index (χ0v) is 17.7. The second-order valence-corrected chi connectivity index (χ2v) is 8.22. The van der Waals surface area contributed by atoms with E-state index in [9.17, 15) is 23.1 Å². The molecule has 1 amide bonds. The summed E-state index contributed by atoms with van der Waals surface area (Å²) >= 11 is 0. The predicted octanol–water partition coefficient (Wildman–Crippen LogP) is 3.12. The fourth-order valence-electron chi connectivity index (χ4n) is 3.90. The van der Waals surface area contributed by atoms with Crippen LogP contribution in [0.1, 0.15) is 47.5 Å². The van der Waals surface area contributed by atoms with Crippen molar-refractivity contribution in [1.82, 2.24) is 15.1 Å². The Labute approximate surface area is 182 Å². The molecule has 1 aromatic heterocycles. The van der Waals surface area contributed by atoms with Crippen LogP contribution in [0.25, 0.3) is 0 Å². The van der Waals surface area contributed by atoms with Gasteiger partial charge < -0.3 is 14.5 Å². The number of hydrogen-bond donors (Lipinski definition) is 1. The Morgan fingerprint density at radius 3 is 2.72 bits per heavy atom. The summed E-state index contributed by atoms with van der Waals surface area (Å²) in [7, 11) is 1.86. The first-order valence-corrected chi connectivity index (χ1v) is 10.3. The van der Waals surface area contributed by atoms with Gasteiger partial charge in [0.15, 0.2) is 5.76 Å². The molecule has 2 atom stereocenters. The van der Waals surface area contributed by atoms with Crippen molar-refractivity contribution >= 4 is 17.8 Å². The molecule has 172 valence electrons. The number of likely N-dealkylation sites (tertiary alicyclic amines) is 1. The van der Waals surface area contributed by atoms with Gasteiger partial charge in [-0.2, -0.15) is 28.4 Å². The molecule has 1 aromatic carbocycles. The molecule has 2 aliphatic rings. The van der Waals surface area contributed by atoms with Gasteiger partial charge in [0.05, 0.1) is 23.5 Å². The average molecular weight is 451 g/mol. The van der Waals surface area contributed by atoms with Crippen LogP contribution < -0.4 is 5.12 Å². The van der Waals surface area contributed by atoms with Gasteiger partial charge in [-0.05, 0) is 31.9 Å². The van der Waals surface area contributed by atoms with Crippen molar-refractivity contribution in [1.29, 1.82) is 0 Å². The maximum Gasteiger partial charge on any atom is 0.424 e. The number of nitrogens with zero attached hydrogens (tertiary/aromatic N) is 5. The first-order chi connectivity index (χ1) is 15.1. The molecule has 0 aliphatic carbocycles. The van der Waals surface area contributed by atoms with Gasteiger partial charge in [0.25, 0.3) is 5.91 Å². The van der Waals surface area contributed by atoms with Crippen molar-refractivity contribution in [3.63, 3.8) is 0 Å². The number of amides is 1. The third-order valence-corrected chi connectivity index (χ3v) is 5.90. The smallest absolute Gasteiger partial charge is 0.374 e. The Kier molecular flexibility index (Phi) is 5.72. The topological polar surface area (TPSA) is 85.4 Å². The molecule has 0 bridgehead atoms. The van der Waals surface area contributed by atoms with Crippen LogP contribution in [0.15, 0.2) is 40.0 Å². The summed E-state index contributed by atoms with van der Waals surface area (Å²) in [6.07, 6.45) is -1.84. The standard InChI is InChI=1S/C21H24F3N5O3/c1-20(31,21(22,23)24)18-12-16(26-32-18)14-6-5-10-28(13-14)19(30)15-7-3-4-8-17(15)29-25-9-11-27(29)2/h3-4,7-9,12,14,31H,5-6,10-11,13H2,1-2H3/t14-,20?/m1/s1. The SMILES string of the molecule is CN1CC=NN1c1ccccc1C(=O)N1CCC[C@@H](c2cc(C(C)(O)C(F)(F)F)on2)C1. The van der Waals surface area contributed by atoms with E-state index in [0.717, 1.165) is 6.07 Å². The molecule has 1 unspecified atom stereocenters. The molecule has 0 spiro atoms. The van der Waals surface area contributed by atoms with Gasteiger partial charge in [0.1, 0.15) is 0 Å². The van der Waals surface area contributed by atoms with Crippen molar-refractivity contribution in [3.05, 3.63) is 47.3 Å². The summed E-state index contributed by atoms with van der Waals surface area (Å²) < 4.78 is 44.2. The number of halogens is 3. The molecule has 2 aliphatic heterocycles. The molecule has 8 nitrogen and oxygen atoms in total. The molecule has 1 fully saturated rings. The number of rotatable bonds is 4. The molecule has 0 radical (unpaired) electrons. The number of benzene rings is 1. The van der Waals surface area contributed by atoms with E-state index in [2.05, 4.69) is 10.3 Å². The first kappa shape index (κ1) is 22.3. The van der Waals surface area contributed by atoms with Gasteiger partial charge in [0, 0.05) is 38.3 Å². The van der Waals surface area contributed by atoms with Crippen LogP contribution in [0.4, 0.5) is 18.9 Å². The van der Waals surface area contributed by atoms with Crippen LogP contribution in [0, 0.1) is 0 Å². The maximum absolute atomic E-state index is 13.4. The van der Waals surface area contributed by atoms with E-state index in [0.29, 0.717) is 49.8 Å². The normalized spacial score (nSPS) is 21.8. The second-order valence-electron chi connectivity index (χ2n) is 8.22. The Hall–Kier alpha value is -2.92. The number of para-hydroxylation sites is 1.